The molecule has 3 rings (SSSR count). The third kappa shape index (κ3) is 5.75. The predicted molar refractivity (Wildman–Crippen MR) is 120 cm³/mol. The average molecular weight is 411 g/mol. The molecule has 0 aliphatic carbocycles. The number of hydrogen-bond donors (Lipinski definition) is 0. The molecule has 0 saturated heterocycles. The zero-order valence-electron chi connectivity index (χ0n) is 17.7. The molecule has 0 N–H and O–H groups in total. The van der Waals surface area contributed by atoms with Crippen LogP contribution in [0.1, 0.15) is 56.2 Å². The van der Waals surface area contributed by atoms with E-state index in [1.54, 1.807) is 0 Å². The summed E-state index contributed by atoms with van der Waals surface area (Å²) >= 11 is 0. The molecule has 3 aromatic carbocycles. The quantitative estimate of drug-likeness (QED) is 0.348. The minimum Gasteiger partial charge on any atom is -0.166 e. The van der Waals surface area contributed by atoms with Gasteiger partial charge in [-0.15, -0.1) is 0 Å². The van der Waals surface area contributed by atoms with E-state index in [0.29, 0.717) is 11.1 Å². The molecule has 0 spiro atoms. The van der Waals surface area contributed by atoms with Gasteiger partial charge in [0, 0.05) is 0 Å². The summed E-state index contributed by atoms with van der Waals surface area (Å²) in [6.45, 7) is 4.27. The van der Waals surface area contributed by atoms with E-state index in [1.807, 2.05) is 54.6 Å². The van der Waals surface area contributed by atoms with Crippen LogP contribution >= 0.6 is 0 Å². The average Bonchev–Trinajstić information content (AvgIpc) is 2.75. The molecule has 0 radical (unpaired) electrons. The van der Waals surface area contributed by atoms with Gasteiger partial charge in [0.25, 0.3) is 0 Å². The fourth-order valence-corrected chi connectivity index (χ4v) is 3.70. The zero-order valence-corrected chi connectivity index (χ0v) is 17.7. The summed E-state index contributed by atoms with van der Waals surface area (Å²) in [4.78, 5) is 0. The molecular weight excluding hydrogens is 381 g/mol. The van der Waals surface area contributed by atoms with Gasteiger partial charge in [-0.3, -0.25) is 0 Å². The maximum atomic E-state index is 13.7. The monoisotopic (exact) mass is 410 g/mol. The van der Waals surface area contributed by atoms with E-state index in [4.69, 9.17) is 0 Å². The van der Waals surface area contributed by atoms with E-state index >= 15 is 0 Å². The number of hydrogen-bond acceptors (Lipinski definition) is 0. The highest BCUT2D eigenvalue weighted by Gasteiger charge is 2.31. The summed E-state index contributed by atoms with van der Waals surface area (Å²) in [6, 6.07) is 20.2. The van der Waals surface area contributed by atoms with Crippen LogP contribution in [0.15, 0.2) is 66.7 Å². The minimum absolute atomic E-state index is 0.604. The first-order valence-electron chi connectivity index (χ1n) is 10.8. The van der Waals surface area contributed by atoms with Crippen LogP contribution in [-0.2, 0) is 19.0 Å². The first-order valence-corrected chi connectivity index (χ1v) is 10.8. The van der Waals surface area contributed by atoms with Gasteiger partial charge in [0.2, 0.25) is 0 Å². The summed E-state index contributed by atoms with van der Waals surface area (Å²) in [5, 5.41) is 0. The van der Waals surface area contributed by atoms with Crippen molar-refractivity contribution < 1.29 is 13.2 Å². The molecule has 0 aliphatic rings. The van der Waals surface area contributed by atoms with Gasteiger partial charge in [-0.05, 0) is 77.3 Å². The number of benzene rings is 3. The van der Waals surface area contributed by atoms with Crippen LogP contribution in [0.25, 0.3) is 22.3 Å². The summed E-state index contributed by atoms with van der Waals surface area (Å²) in [5.41, 5.74) is 4.60. The molecule has 0 bridgehead atoms. The van der Waals surface area contributed by atoms with Crippen molar-refractivity contribution in [2.75, 3.05) is 0 Å². The topological polar surface area (TPSA) is 0 Å². The van der Waals surface area contributed by atoms with Gasteiger partial charge in [-0.1, -0.05) is 75.2 Å². The highest BCUT2D eigenvalue weighted by Crippen LogP contribution is 2.36. The Kier molecular flexibility index (Phi) is 7.36. The summed E-state index contributed by atoms with van der Waals surface area (Å²) in [7, 11) is 0. The molecule has 3 aromatic rings. The largest absolute Gasteiger partial charge is 0.416 e. The van der Waals surface area contributed by atoms with Crippen molar-refractivity contribution in [3.8, 4) is 22.3 Å². The number of rotatable bonds is 8. The van der Waals surface area contributed by atoms with Gasteiger partial charge in [0.15, 0.2) is 0 Å². The molecular formula is C27H29F3. The fraction of sp³-hybridized carbons (Fsp3) is 0.333. The molecule has 0 aromatic heterocycles. The maximum Gasteiger partial charge on any atom is 0.416 e. The van der Waals surface area contributed by atoms with Crippen LogP contribution in [0.2, 0.25) is 0 Å². The Hall–Kier alpha value is -2.55. The number of unbranched alkanes of at least 4 members (excludes halogenated alkanes) is 2. The Morgan fingerprint density at radius 1 is 0.600 bits per heavy atom. The maximum absolute atomic E-state index is 13.7. The Bertz CT molecular complexity index is 900. The second-order valence-electron chi connectivity index (χ2n) is 7.90. The fourth-order valence-electron chi connectivity index (χ4n) is 3.70. The lowest BCUT2D eigenvalue weighted by Crippen LogP contribution is -2.05. The molecule has 0 aliphatic heterocycles. The molecule has 30 heavy (non-hydrogen) atoms. The Morgan fingerprint density at radius 2 is 1.07 bits per heavy atom. The van der Waals surface area contributed by atoms with Gasteiger partial charge in [-0.25, -0.2) is 0 Å². The molecule has 0 fully saturated rings. The van der Waals surface area contributed by atoms with Gasteiger partial charge < -0.3 is 0 Å². The molecule has 0 nitrogen and oxygen atoms in total. The van der Waals surface area contributed by atoms with Crippen LogP contribution < -0.4 is 0 Å². The Labute approximate surface area is 177 Å². The molecule has 158 valence electrons. The van der Waals surface area contributed by atoms with E-state index in [2.05, 4.69) is 13.8 Å². The van der Waals surface area contributed by atoms with E-state index in [0.717, 1.165) is 60.8 Å². The lowest BCUT2D eigenvalue weighted by Gasteiger charge is -2.14. The number of aryl methyl sites for hydroxylation is 2. The van der Waals surface area contributed by atoms with E-state index in [1.165, 1.54) is 12.1 Å². The zero-order chi connectivity index (χ0) is 21.6. The van der Waals surface area contributed by atoms with Crippen molar-refractivity contribution in [1.29, 1.82) is 0 Å². The van der Waals surface area contributed by atoms with Crippen molar-refractivity contribution in [1.82, 2.24) is 0 Å². The molecule has 0 amide bonds. The van der Waals surface area contributed by atoms with E-state index < -0.39 is 11.7 Å². The van der Waals surface area contributed by atoms with Crippen molar-refractivity contribution in [3.05, 3.63) is 83.4 Å². The second-order valence-corrected chi connectivity index (χ2v) is 7.90. The third-order valence-corrected chi connectivity index (χ3v) is 5.42. The SMILES string of the molecule is CCCCc1cccc(-c2cc(-c3cccc(CCCC)c3)cc(C(F)(F)F)c2)c1. The van der Waals surface area contributed by atoms with Crippen LogP contribution in [0.5, 0.6) is 0 Å². The lowest BCUT2D eigenvalue weighted by molar-refractivity contribution is -0.137. The Morgan fingerprint density at radius 3 is 1.47 bits per heavy atom. The molecule has 0 heterocycles. The summed E-state index contributed by atoms with van der Waals surface area (Å²) in [5.74, 6) is 0. The molecule has 3 heteroatoms. The first-order chi connectivity index (χ1) is 14.4. The van der Waals surface area contributed by atoms with Crippen LogP contribution in [0.3, 0.4) is 0 Å². The van der Waals surface area contributed by atoms with Crippen molar-refractivity contribution in [2.45, 2.75) is 58.5 Å². The van der Waals surface area contributed by atoms with Crippen LogP contribution in [0, 0.1) is 0 Å². The standard InChI is InChI=1S/C27H29F3/c1-3-5-9-20-11-7-13-22(15-20)24-17-25(19-26(18-24)27(28,29)30)23-14-8-12-21(16-23)10-6-4-2/h7-8,11-19H,3-6,9-10H2,1-2H3. The van der Waals surface area contributed by atoms with Crippen LogP contribution in [-0.4, -0.2) is 0 Å². The highest BCUT2D eigenvalue weighted by atomic mass is 19.4. The highest BCUT2D eigenvalue weighted by molar-refractivity contribution is 5.75. The summed E-state index contributed by atoms with van der Waals surface area (Å²) < 4.78 is 41.0. The molecule has 0 atom stereocenters. The second kappa shape index (κ2) is 9.97. The van der Waals surface area contributed by atoms with Crippen molar-refractivity contribution in [3.63, 3.8) is 0 Å². The smallest absolute Gasteiger partial charge is 0.166 e. The molecule has 0 unspecified atom stereocenters. The lowest BCUT2D eigenvalue weighted by atomic mass is 9.93. The van der Waals surface area contributed by atoms with Gasteiger partial charge in [-0.2, -0.15) is 13.2 Å². The van der Waals surface area contributed by atoms with Gasteiger partial charge in [0.1, 0.15) is 0 Å². The minimum atomic E-state index is -4.38. The number of halogens is 3. The predicted octanol–water partition coefficient (Wildman–Crippen LogP) is 8.72. The number of alkyl halides is 3. The Balaban J connectivity index is 2.06. The van der Waals surface area contributed by atoms with Crippen LogP contribution in [0.4, 0.5) is 13.2 Å². The summed E-state index contributed by atoms with van der Waals surface area (Å²) in [6.07, 6.45) is 1.82. The van der Waals surface area contributed by atoms with E-state index in [-0.39, 0.29) is 0 Å². The van der Waals surface area contributed by atoms with Crippen molar-refractivity contribution in [2.24, 2.45) is 0 Å². The van der Waals surface area contributed by atoms with Gasteiger partial charge >= 0.3 is 6.18 Å². The van der Waals surface area contributed by atoms with Gasteiger partial charge in [0.05, 0.1) is 5.56 Å². The first kappa shape index (κ1) is 22.1. The normalized spacial score (nSPS) is 11.6. The van der Waals surface area contributed by atoms with Crippen molar-refractivity contribution >= 4 is 0 Å². The third-order valence-electron chi connectivity index (χ3n) is 5.42. The molecule has 0 saturated carbocycles. The van der Waals surface area contributed by atoms with E-state index in [9.17, 15) is 13.2 Å².